The Morgan fingerprint density at radius 3 is 2.88 bits per heavy atom. The fourth-order valence-electron chi connectivity index (χ4n) is 1.43. The van der Waals surface area contributed by atoms with Crippen molar-refractivity contribution in [1.29, 1.82) is 5.26 Å². The van der Waals surface area contributed by atoms with E-state index < -0.39 is 0 Å². The Balaban J connectivity index is 2.07. The molecule has 0 spiro atoms. The third-order valence-corrected chi connectivity index (χ3v) is 3.14. The molecule has 0 saturated carbocycles. The highest BCUT2D eigenvalue weighted by Gasteiger charge is 2.05. The van der Waals surface area contributed by atoms with Crippen LogP contribution in [0.3, 0.4) is 0 Å². The zero-order chi connectivity index (χ0) is 12.3. The van der Waals surface area contributed by atoms with Gasteiger partial charge in [0, 0.05) is 6.54 Å². The molecule has 0 aliphatic heterocycles. The van der Waals surface area contributed by atoms with E-state index in [4.69, 9.17) is 28.5 Å². The van der Waals surface area contributed by atoms with Gasteiger partial charge in [-0.15, -0.1) is 5.10 Å². The van der Waals surface area contributed by atoms with Crippen LogP contribution in [-0.2, 0) is 13.0 Å². The Morgan fingerprint density at radius 2 is 2.18 bits per heavy atom. The zero-order valence-electron chi connectivity index (χ0n) is 8.77. The van der Waals surface area contributed by atoms with Crippen molar-refractivity contribution in [3.8, 4) is 6.07 Å². The Morgan fingerprint density at radius 1 is 1.35 bits per heavy atom. The number of aryl methyl sites for hydroxylation is 2. The van der Waals surface area contributed by atoms with E-state index in [1.54, 1.807) is 10.7 Å². The maximum atomic E-state index is 8.59. The molecule has 2 rings (SSSR count). The molecule has 0 amide bonds. The van der Waals surface area contributed by atoms with E-state index in [0.29, 0.717) is 23.0 Å². The molecule has 1 aromatic carbocycles. The van der Waals surface area contributed by atoms with Crippen LogP contribution in [0.2, 0.25) is 10.0 Å². The molecule has 4 nitrogen and oxygen atoms in total. The second-order valence-electron chi connectivity index (χ2n) is 3.41. The second-order valence-corrected chi connectivity index (χ2v) is 4.19. The molecule has 2 aromatic rings. The topological polar surface area (TPSA) is 54.5 Å². The first-order valence-electron chi connectivity index (χ1n) is 4.93. The summed E-state index contributed by atoms with van der Waals surface area (Å²) in [4.78, 5) is 3.82. The maximum Gasteiger partial charge on any atom is 0.252 e. The first kappa shape index (κ1) is 11.9. The number of halogens is 2. The van der Waals surface area contributed by atoms with Crippen molar-refractivity contribution in [2.45, 2.75) is 13.0 Å². The van der Waals surface area contributed by atoms with Gasteiger partial charge < -0.3 is 0 Å². The molecule has 1 heterocycles. The quantitative estimate of drug-likeness (QED) is 0.859. The van der Waals surface area contributed by atoms with Crippen molar-refractivity contribution in [1.82, 2.24) is 14.8 Å². The van der Waals surface area contributed by atoms with Crippen molar-refractivity contribution in [2.75, 3.05) is 0 Å². The van der Waals surface area contributed by atoms with Gasteiger partial charge >= 0.3 is 0 Å². The average Bonchev–Trinajstić information content (AvgIpc) is 2.79. The maximum absolute atomic E-state index is 8.59. The van der Waals surface area contributed by atoms with E-state index in [2.05, 4.69) is 10.1 Å². The van der Waals surface area contributed by atoms with Gasteiger partial charge in [0.15, 0.2) is 0 Å². The van der Waals surface area contributed by atoms with Crippen LogP contribution in [0.5, 0.6) is 0 Å². The zero-order valence-corrected chi connectivity index (χ0v) is 10.3. The highest BCUT2D eigenvalue weighted by atomic mass is 35.5. The fourth-order valence-corrected chi connectivity index (χ4v) is 1.84. The highest BCUT2D eigenvalue weighted by molar-refractivity contribution is 6.42. The van der Waals surface area contributed by atoms with Gasteiger partial charge in [-0.25, -0.2) is 4.98 Å². The fraction of sp³-hybridized carbons (Fsp3) is 0.182. The van der Waals surface area contributed by atoms with Gasteiger partial charge in [-0.3, -0.25) is 4.68 Å². The van der Waals surface area contributed by atoms with E-state index in [1.807, 2.05) is 18.2 Å². The predicted molar refractivity (Wildman–Crippen MR) is 64.9 cm³/mol. The summed E-state index contributed by atoms with van der Waals surface area (Å²) in [6.07, 6.45) is 2.21. The van der Waals surface area contributed by atoms with Crippen molar-refractivity contribution in [2.24, 2.45) is 0 Å². The Hall–Kier alpha value is -1.57. The minimum atomic E-state index is 0.169. The summed E-state index contributed by atoms with van der Waals surface area (Å²) in [6.45, 7) is 0.606. The summed E-state index contributed by atoms with van der Waals surface area (Å²) in [7, 11) is 0. The molecule has 0 aliphatic rings. The summed E-state index contributed by atoms with van der Waals surface area (Å²) in [5, 5.41) is 13.7. The average molecular weight is 267 g/mol. The van der Waals surface area contributed by atoms with Crippen LogP contribution < -0.4 is 0 Å². The summed E-state index contributed by atoms with van der Waals surface area (Å²) < 4.78 is 1.61. The monoisotopic (exact) mass is 266 g/mol. The number of hydrogen-bond acceptors (Lipinski definition) is 3. The van der Waals surface area contributed by atoms with Gasteiger partial charge in [0.2, 0.25) is 0 Å². The van der Waals surface area contributed by atoms with Crippen LogP contribution >= 0.6 is 23.2 Å². The number of nitrogens with zero attached hydrogens (tertiary/aromatic N) is 4. The third-order valence-electron chi connectivity index (χ3n) is 2.28. The SMILES string of the molecule is N#Cc1ncn(CCc2cccc(Cl)c2Cl)n1. The molecule has 1 aromatic heterocycles. The van der Waals surface area contributed by atoms with Crippen LogP contribution in [0, 0.1) is 11.3 Å². The van der Waals surface area contributed by atoms with Gasteiger partial charge in [-0.2, -0.15) is 5.26 Å². The minimum Gasteiger partial charge on any atom is -0.251 e. The van der Waals surface area contributed by atoms with E-state index in [-0.39, 0.29) is 5.82 Å². The van der Waals surface area contributed by atoms with E-state index in [0.717, 1.165) is 5.56 Å². The molecule has 0 bridgehead atoms. The van der Waals surface area contributed by atoms with Crippen molar-refractivity contribution in [3.05, 3.63) is 46.0 Å². The standard InChI is InChI=1S/C11H8Cl2N4/c12-9-3-1-2-8(11(9)13)4-5-17-7-15-10(6-14)16-17/h1-3,7H,4-5H2. The Bertz CT molecular complexity index is 571. The molecule has 0 atom stereocenters. The number of benzene rings is 1. The summed E-state index contributed by atoms with van der Waals surface area (Å²) in [5.41, 5.74) is 0.952. The van der Waals surface area contributed by atoms with Crippen molar-refractivity contribution < 1.29 is 0 Å². The molecular weight excluding hydrogens is 259 g/mol. The van der Waals surface area contributed by atoms with Gasteiger partial charge in [-0.05, 0) is 18.1 Å². The van der Waals surface area contributed by atoms with Gasteiger partial charge in [0.25, 0.3) is 5.82 Å². The van der Waals surface area contributed by atoms with Gasteiger partial charge in [0.05, 0.1) is 10.0 Å². The number of nitriles is 1. The van der Waals surface area contributed by atoms with Gasteiger partial charge in [0.1, 0.15) is 12.4 Å². The van der Waals surface area contributed by atoms with Crippen LogP contribution in [0.4, 0.5) is 0 Å². The molecule has 0 aliphatic carbocycles. The van der Waals surface area contributed by atoms with E-state index >= 15 is 0 Å². The molecular formula is C11H8Cl2N4. The lowest BCUT2D eigenvalue weighted by Crippen LogP contribution is -2.02. The van der Waals surface area contributed by atoms with Crippen LogP contribution in [-0.4, -0.2) is 14.8 Å². The van der Waals surface area contributed by atoms with Crippen molar-refractivity contribution in [3.63, 3.8) is 0 Å². The summed E-state index contributed by atoms with van der Waals surface area (Å²) in [5.74, 6) is 0.169. The summed E-state index contributed by atoms with van der Waals surface area (Å²) >= 11 is 12.0. The first-order chi connectivity index (χ1) is 8.20. The Labute approximate surface area is 108 Å². The Kier molecular flexibility index (Phi) is 3.62. The lowest BCUT2D eigenvalue weighted by molar-refractivity contribution is 0.611. The van der Waals surface area contributed by atoms with E-state index in [1.165, 1.54) is 6.33 Å². The smallest absolute Gasteiger partial charge is 0.251 e. The number of aromatic nitrogens is 3. The lowest BCUT2D eigenvalue weighted by Gasteiger charge is -2.05. The third kappa shape index (κ3) is 2.76. The molecule has 0 saturated heterocycles. The molecule has 0 radical (unpaired) electrons. The largest absolute Gasteiger partial charge is 0.252 e. The van der Waals surface area contributed by atoms with Crippen LogP contribution in [0.15, 0.2) is 24.5 Å². The lowest BCUT2D eigenvalue weighted by atomic mass is 10.1. The minimum absolute atomic E-state index is 0.169. The number of hydrogen-bond donors (Lipinski definition) is 0. The molecule has 0 fully saturated rings. The number of rotatable bonds is 3. The highest BCUT2D eigenvalue weighted by Crippen LogP contribution is 2.25. The van der Waals surface area contributed by atoms with Crippen LogP contribution in [0.25, 0.3) is 0 Å². The van der Waals surface area contributed by atoms with Crippen LogP contribution in [0.1, 0.15) is 11.4 Å². The molecule has 17 heavy (non-hydrogen) atoms. The normalized spacial score (nSPS) is 10.2. The molecule has 6 heteroatoms. The molecule has 0 N–H and O–H groups in total. The second kappa shape index (κ2) is 5.17. The van der Waals surface area contributed by atoms with Crippen molar-refractivity contribution >= 4 is 23.2 Å². The van der Waals surface area contributed by atoms with E-state index in [9.17, 15) is 0 Å². The molecule has 86 valence electrons. The first-order valence-corrected chi connectivity index (χ1v) is 5.68. The van der Waals surface area contributed by atoms with Gasteiger partial charge in [-0.1, -0.05) is 35.3 Å². The summed E-state index contributed by atoms with van der Waals surface area (Å²) in [6, 6.07) is 7.39. The predicted octanol–water partition coefficient (Wildman–Crippen LogP) is 2.70. The molecule has 0 unspecified atom stereocenters.